The molecule has 3 aromatic rings. The van der Waals surface area contributed by atoms with Crippen LogP contribution in [0.1, 0.15) is 11.1 Å². The summed E-state index contributed by atoms with van der Waals surface area (Å²) in [7, 11) is 0. The van der Waals surface area contributed by atoms with Crippen molar-refractivity contribution in [2.24, 2.45) is 0 Å². The van der Waals surface area contributed by atoms with Gasteiger partial charge >= 0.3 is 0 Å². The maximum absolute atomic E-state index is 4.02. The Balaban J connectivity index is 1.76. The molecule has 0 bridgehead atoms. The van der Waals surface area contributed by atoms with Crippen LogP contribution < -0.4 is 5.32 Å². The van der Waals surface area contributed by atoms with E-state index in [4.69, 9.17) is 0 Å². The highest BCUT2D eigenvalue weighted by atomic mass is 15.6. The van der Waals surface area contributed by atoms with Crippen LogP contribution in [-0.2, 0) is 6.54 Å². The SMILES string of the molecule is Cc1ccc(CNc2nnnn2-c2ccccc2)cc1. The molecule has 0 atom stereocenters. The lowest BCUT2D eigenvalue weighted by atomic mass is 10.1. The van der Waals surface area contributed by atoms with Gasteiger partial charge in [0.2, 0.25) is 5.95 Å². The first-order valence-electron chi connectivity index (χ1n) is 6.46. The molecule has 1 aromatic heterocycles. The quantitative estimate of drug-likeness (QED) is 0.787. The zero-order chi connectivity index (χ0) is 13.8. The lowest BCUT2D eigenvalue weighted by molar-refractivity contribution is 0.789. The second kappa shape index (κ2) is 5.52. The van der Waals surface area contributed by atoms with Gasteiger partial charge in [0.15, 0.2) is 0 Å². The van der Waals surface area contributed by atoms with Gasteiger partial charge in [-0.1, -0.05) is 53.1 Å². The van der Waals surface area contributed by atoms with Crippen molar-refractivity contribution in [3.63, 3.8) is 0 Å². The highest BCUT2D eigenvalue weighted by molar-refractivity contribution is 5.39. The molecule has 0 fully saturated rings. The van der Waals surface area contributed by atoms with Crippen LogP contribution in [-0.4, -0.2) is 20.2 Å². The molecule has 5 heteroatoms. The van der Waals surface area contributed by atoms with Crippen LogP contribution >= 0.6 is 0 Å². The summed E-state index contributed by atoms with van der Waals surface area (Å²) >= 11 is 0. The zero-order valence-electron chi connectivity index (χ0n) is 11.2. The molecule has 0 saturated carbocycles. The standard InChI is InChI=1S/C15H15N5/c1-12-7-9-13(10-8-12)11-16-15-17-18-19-20(15)14-5-3-2-4-6-14/h2-10H,11H2,1H3,(H,16,17,19). The van der Waals surface area contributed by atoms with E-state index in [-0.39, 0.29) is 0 Å². The first kappa shape index (κ1) is 12.3. The number of hydrogen-bond donors (Lipinski definition) is 1. The molecule has 0 spiro atoms. The molecule has 1 heterocycles. The maximum Gasteiger partial charge on any atom is 0.248 e. The van der Waals surface area contributed by atoms with E-state index >= 15 is 0 Å². The Kier molecular flexibility index (Phi) is 3.41. The van der Waals surface area contributed by atoms with E-state index in [9.17, 15) is 0 Å². The van der Waals surface area contributed by atoms with Crippen LogP contribution in [0, 0.1) is 6.92 Å². The fourth-order valence-corrected chi connectivity index (χ4v) is 1.93. The van der Waals surface area contributed by atoms with Crippen molar-refractivity contribution >= 4 is 5.95 Å². The second-order valence-electron chi connectivity index (χ2n) is 4.59. The predicted octanol–water partition coefficient (Wildman–Crippen LogP) is 2.58. The van der Waals surface area contributed by atoms with Crippen molar-refractivity contribution in [3.05, 3.63) is 65.7 Å². The van der Waals surface area contributed by atoms with Gasteiger partial charge in [0.25, 0.3) is 0 Å². The third-order valence-corrected chi connectivity index (χ3v) is 3.04. The third-order valence-electron chi connectivity index (χ3n) is 3.04. The minimum absolute atomic E-state index is 0.636. The van der Waals surface area contributed by atoms with Gasteiger partial charge in [0, 0.05) is 6.54 Å². The van der Waals surface area contributed by atoms with Gasteiger partial charge in [-0.2, -0.15) is 4.68 Å². The molecule has 0 aliphatic heterocycles. The van der Waals surface area contributed by atoms with Gasteiger partial charge in [0.05, 0.1) is 5.69 Å². The third kappa shape index (κ3) is 2.66. The van der Waals surface area contributed by atoms with Gasteiger partial charge in [-0.15, -0.1) is 0 Å². The summed E-state index contributed by atoms with van der Waals surface area (Å²) < 4.78 is 1.69. The van der Waals surface area contributed by atoms with Crippen molar-refractivity contribution in [2.75, 3.05) is 5.32 Å². The Labute approximate surface area is 117 Å². The van der Waals surface area contributed by atoms with Crippen molar-refractivity contribution in [3.8, 4) is 5.69 Å². The Morgan fingerprint density at radius 1 is 1.00 bits per heavy atom. The normalized spacial score (nSPS) is 10.4. The van der Waals surface area contributed by atoms with Crippen LogP contribution in [0.4, 0.5) is 5.95 Å². The van der Waals surface area contributed by atoms with Gasteiger partial charge in [-0.05, 0) is 35.0 Å². The highest BCUT2D eigenvalue weighted by Gasteiger charge is 2.06. The van der Waals surface area contributed by atoms with Crippen LogP contribution in [0.3, 0.4) is 0 Å². The van der Waals surface area contributed by atoms with E-state index in [0.29, 0.717) is 12.5 Å². The number of benzene rings is 2. The number of nitrogens with zero attached hydrogens (tertiary/aromatic N) is 4. The van der Waals surface area contributed by atoms with Gasteiger partial charge in [-0.3, -0.25) is 0 Å². The van der Waals surface area contributed by atoms with E-state index < -0.39 is 0 Å². The maximum atomic E-state index is 4.02. The Morgan fingerprint density at radius 2 is 1.75 bits per heavy atom. The van der Waals surface area contributed by atoms with E-state index in [2.05, 4.69) is 52.0 Å². The lowest BCUT2D eigenvalue weighted by Crippen LogP contribution is -2.07. The molecule has 0 aliphatic rings. The first-order chi connectivity index (χ1) is 9.83. The monoisotopic (exact) mass is 265 g/mol. The molecule has 100 valence electrons. The number of rotatable bonds is 4. The molecular weight excluding hydrogens is 250 g/mol. The second-order valence-corrected chi connectivity index (χ2v) is 4.59. The smallest absolute Gasteiger partial charge is 0.248 e. The predicted molar refractivity (Wildman–Crippen MR) is 77.7 cm³/mol. The molecule has 0 saturated heterocycles. The molecular formula is C15H15N5. The Hall–Kier alpha value is -2.69. The number of aryl methyl sites for hydroxylation is 1. The van der Waals surface area contributed by atoms with Crippen LogP contribution in [0.25, 0.3) is 5.69 Å². The number of nitrogens with one attached hydrogen (secondary N) is 1. The summed E-state index contributed by atoms with van der Waals surface area (Å²) in [4.78, 5) is 0. The van der Waals surface area contributed by atoms with Crippen molar-refractivity contribution in [2.45, 2.75) is 13.5 Å². The number of anilines is 1. The van der Waals surface area contributed by atoms with E-state index in [0.717, 1.165) is 5.69 Å². The number of para-hydroxylation sites is 1. The Morgan fingerprint density at radius 3 is 2.50 bits per heavy atom. The lowest BCUT2D eigenvalue weighted by Gasteiger charge is -2.07. The minimum atomic E-state index is 0.636. The summed E-state index contributed by atoms with van der Waals surface area (Å²) in [5.74, 6) is 0.636. The number of hydrogen-bond acceptors (Lipinski definition) is 4. The summed E-state index contributed by atoms with van der Waals surface area (Å²) in [5.41, 5.74) is 3.38. The van der Waals surface area contributed by atoms with E-state index in [1.54, 1.807) is 4.68 Å². The van der Waals surface area contributed by atoms with Gasteiger partial charge < -0.3 is 5.32 Å². The van der Waals surface area contributed by atoms with Crippen molar-refractivity contribution < 1.29 is 0 Å². The average Bonchev–Trinajstić information content (AvgIpc) is 2.96. The molecule has 1 N–H and O–H groups in total. The van der Waals surface area contributed by atoms with E-state index in [1.165, 1.54) is 11.1 Å². The Bertz CT molecular complexity index is 673. The molecule has 0 unspecified atom stereocenters. The fraction of sp³-hybridized carbons (Fsp3) is 0.133. The largest absolute Gasteiger partial charge is 0.349 e. The summed E-state index contributed by atoms with van der Waals surface area (Å²) in [6.45, 7) is 2.76. The minimum Gasteiger partial charge on any atom is -0.349 e. The summed E-state index contributed by atoms with van der Waals surface area (Å²) in [5, 5.41) is 15.0. The van der Waals surface area contributed by atoms with Gasteiger partial charge in [-0.25, -0.2) is 0 Å². The van der Waals surface area contributed by atoms with Crippen LogP contribution in [0.2, 0.25) is 0 Å². The number of aromatic nitrogens is 4. The fourth-order valence-electron chi connectivity index (χ4n) is 1.93. The number of tetrazole rings is 1. The highest BCUT2D eigenvalue weighted by Crippen LogP contribution is 2.12. The van der Waals surface area contributed by atoms with E-state index in [1.807, 2.05) is 30.3 Å². The molecule has 2 aromatic carbocycles. The van der Waals surface area contributed by atoms with Crippen molar-refractivity contribution in [1.82, 2.24) is 20.2 Å². The van der Waals surface area contributed by atoms with Crippen molar-refractivity contribution in [1.29, 1.82) is 0 Å². The topological polar surface area (TPSA) is 55.6 Å². The van der Waals surface area contributed by atoms with Crippen LogP contribution in [0.5, 0.6) is 0 Å². The summed E-state index contributed by atoms with van der Waals surface area (Å²) in [6.07, 6.45) is 0. The molecule has 3 rings (SSSR count). The van der Waals surface area contributed by atoms with Gasteiger partial charge in [0.1, 0.15) is 0 Å². The molecule has 0 aliphatic carbocycles. The average molecular weight is 265 g/mol. The van der Waals surface area contributed by atoms with Crippen LogP contribution in [0.15, 0.2) is 54.6 Å². The zero-order valence-corrected chi connectivity index (χ0v) is 11.2. The first-order valence-corrected chi connectivity index (χ1v) is 6.46. The molecule has 0 amide bonds. The molecule has 5 nitrogen and oxygen atoms in total. The molecule has 0 radical (unpaired) electrons. The summed E-state index contributed by atoms with van der Waals surface area (Å²) in [6, 6.07) is 18.2. The molecule has 20 heavy (non-hydrogen) atoms.